The van der Waals surface area contributed by atoms with Crippen molar-refractivity contribution in [2.75, 3.05) is 13.7 Å². The number of nitrogens with one attached hydrogen (secondary N) is 2. The lowest BCUT2D eigenvalue weighted by atomic mass is 9.98. The van der Waals surface area contributed by atoms with Crippen LogP contribution < -0.4 is 10.6 Å². The molecule has 0 fully saturated rings. The fourth-order valence-corrected chi connectivity index (χ4v) is 3.84. The highest BCUT2D eigenvalue weighted by Crippen LogP contribution is 2.31. The van der Waals surface area contributed by atoms with Crippen LogP contribution in [0.15, 0.2) is 48.5 Å². The highest BCUT2D eigenvalue weighted by atomic mass is 16.6. The third-order valence-corrected chi connectivity index (χ3v) is 5.57. The van der Waals surface area contributed by atoms with Crippen molar-refractivity contribution >= 4 is 23.9 Å². The third-order valence-electron chi connectivity index (χ3n) is 5.57. The number of nitrogens with zero attached hydrogens (tertiary/aromatic N) is 1. The molecule has 11 heteroatoms. The molecule has 0 heterocycles. The van der Waals surface area contributed by atoms with Crippen molar-refractivity contribution in [2.45, 2.75) is 64.8 Å². The van der Waals surface area contributed by atoms with Gasteiger partial charge in [0.25, 0.3) is 0 Å². The highest BCUT2D eigenvalue weighted by Gasteiger charge is 2.39. The van der Waals surface area contributed by atoms with Gasteiger partial charge in [-0.3, -0.25) is 14.4 Å². The predicted molar refractivity (Wildman–Crippen MR) is 143 cm³/mol. The van der Waals surface area contributed by atoms with E-state index in [9.17, 15) is 29.4 Å². The van der Waals surface area contributed by atoms with Crippen molar-refractivity contribution < 1.29 is 38.9 Å². The second-order valence-corrected chi connectivity index (χ2v) is 10.2. The molecular formula is C28H37N3O8. The maximum atomic E-state index is 14.1. The molecule has 2 aromatic rings. The van der Waals surface area contributed by atoms with Crippen LogP contribution in [-0.4, -0.2) is 70.3 Å². The normalized spacial score (nSPS) is 12.7. The van der Waals surface area contributed by atoms with Gasteiger partial charge in [0.2, 0.25) is 11.8 Å². The highest BCUT2D eigenvalue weighted by molar-refractivity contribution is 5.94. The van der Waals surface area contributed by atoms with Crippen LogP contribution in [0.5, 0.6) is 11.5 Å². The number of aromatic hydroxyl groups is 2. The molecule has 212 valence electrons. The van der Waals surface area contributed by atoms with E-state index in [1.165, 1.54) is 36.3 Å². The summed E-state index contributed by atoms with van der Waals surface area (Å²) in [6, 6.07) is 9.04. The number of para-hydroxylation sites is 1. The molecular weight excluding hydrogens is 506 g/mol. The van der Waals surface area contributed by atoms with Gasteiger partial charge in [0.15, 0.2) is 0 Å². The number of alkyl carbamates (subject to hydrolysis) is 1. The summed E-state index contributed by atoms with van der Waals surface area (Å²) in [5.74, 6) is -2.26. The summed E-state index contributed by atoms with van der Waals surface area (Å²) in [4.78, 5) is 53.2. The van der Waals surface area contributed by atoms with Crippen LogP contribution in [0, 0.1) is 0 Å². The molecule has 2 unspecified atom stereocenters. The minimum atomic E-state index is -1.36. The lowest BCUT2D eigenvalue weighted by Gasteiger charge is -2.37. The Hall–Kier alpha value is -4.28. The van der Waals surface area contributed by atoms with Crippen molar-refractivity contribution in [1.29, 1.82) is 0 Å². The molecule has 3 amide bonds. The van der Waals surface area contributed by atoms with Crippen molar-refractivity contribution in [3.8, 4) is 11.5 Å². The minimum Gasteiger partial charge on any atom is -0.508 e. The molecule has 4 N–H and O–H groups in total. The fraction of sp³-hybridized carbons (Fsp3) is 0.429. The molecule has 0 aliphatic carbocycles. The minimum absolute atomic E-state index is 0.0127. The van der Waals surface area contributed by atoms with Crippen LogP contribution in [0.2, 0.25) is 0 Å². The van der Waals surface area contributed by atoms with E-state index in [4.69, 9.17) is 4.74 Å². The van der Waals surface area contributed by atoms with Gasteiger partial charge >= 0.3 is 12.1 Å². The lowest BCUT2D eigenvalue weighted by Crippen LogP contribution is -2.56. The van der Waals surface area contributed by atoms with E-state index in [-0.39, 0.29) is 23.5 Å². The Kier molecular flexibility index (Phi) is 10.7. The van der Waals surface area contributed by atoms with Crippen LogP contribution in [0.25, 0.3) is 0 Å². The summed E-state index contributed by atoms with van der Waals surface area (Å²) in [6.45, 7) is 7.97. The van der Waals surface area contributed by atoms with Gasteiger partial charge in [0, 0.05) is 18.0 Å². The summed E-state index contributed by atoms with van der Waals surface area (Å²) in [5, 5.41) is 25.3. The zero-order valence-corrected chi connectivity index (χ0v) is 23.1. The number of amides is 3. The first-order chi connectivity index (χ1) is 18.2. The molecule has 2 aromatic carbocycles. The number of phenols is 2. The number of benzene rings is 2. The predicted octanol–water partition coefficient (Wildman–Crippen LogP) is 2.80. The summed E-state index contributed by atoms with van der Waals surface area (Å²) in [6.07, 6.45) is -0.823. The average Bonchev–Trinajstić information content (AvgIpc) is 2.85. The van der Waals surface area contributed by atoms with E-state index in [0.717, 1.165) is 0 Å². The van der Waals surface area contributed by atoms with Crippen LogP contribution in [0.1, 0.15) is 51.8 Å². The molecule has 0 radical (unpaired) electrons. The van der Waals surface area contributed by atoms with Crippen LogP contribution in [-0.2, 0) is 30.3 Å². The maximum Gasteiger partial charge on any atom is 0.408 e. The van der Waals surface area contributed by atoms with Gasteiger partial charge in [0.05, 0.1) is 7.11 Å². The molecule has 2 atom stereocenters. The van der Waals surface area contributed by atoms with Crippen molar-refractivity contribution in [3.63, 3.8) is 0 Å². The number of esters is 1. The molecule has 11 nitrogen and oxygen atoms in total. The first-order valence-corrected chi connectivity index (χ1v) is 12.5. The van der Waals surface area contributed by atoms with Gasteiger partial charge in [-0.2, -0.15) is 0 Å². The van der Waals surface area contributed by atoms with Gasteiger partial charge < -0.3 is 35.2 Å². The standard InChI is InChI=1S/C28H37N3O8/c1-17(2)31(24(20-9-7-8-10-22(20)33)25(35)29-16-23(34)38-6)26(36)21(30-27(37)39-28(3,4)5)15-18-11-13-19(32)14-12-18/h7-14,17,21,24,32-33H,15-16H2,1-6H3,(H,29,35)(H,30,37). The number of ether oxygens (including phenoxy) is 2. The van der Waals surface area contributed by atoms with Gasteiger partial charge in [0.1, 0.15) is 35.7 Å². The molecule has 0 aromatic heterocycles. The quantitative estimate of drug-likeness (QED) is 0.334. The first-order valence-electron chi connectivity index (χ1n) is 12.5. The topological polar surface area (TPSA) is 154 Å². The molecule has 0 aliphatic heterocycles. The van der Waals surface area contributed by atoms with E-state index < -0.39 is 54.1 Å². The zero-order valence-electron chi connectivity index (χ0n) is 23.1. The Balaban J connectivity index is 2.54. The van der Waals surface area contributed by atoms with Crippen molar-refractivity contribution in [3.05, 3.63) is 59.7 Å². The number of rotatable bonds is 10. The Morgan fingerprint density at radius 3 is 2.13 bits per heavy atom. The molecule has 0 aliphatic rings. The number of methoxy groups -OCH3 is 1. The van der Waals surface area contributed by atoms with E-state index in [0.29, 0.717) is 5.56 Å². The Morgan fingerprint density at radius 2 is 1.59 bits per heavy atom. The Labute approximate surface area is 228 Å². The number of hydrogen-bond donors (Lipinski definition) is 4. The summed E-state index contributed by atoms with van der Waals surface area (Å²) >= 11 is 0. The lowest BCUT2D eigenvalue weighted by molar-refractivity contribution is -0.146. The second-order valence-electron chi connectivity index (χ2n) is 10.2. The molecule has 39 heavy (non-hydrogen) atoms. The Bertz CT molecular complexity index is 1160. The smallest absolute Gasteiger partial charge is 0.408 e. The Morgan fingerprint density at radius 1 is 0.974 bits per heavy atom. The van der Waals surface area contributed by atoms with E-state index in [1.807, 2.05) is 0 Å². The van der Waals surface area contributed by atoms with E-state index in [2.05, 4.69) is 15.4 Å². The van der Waals surface area contributed by atoms with Gasteiger partial charge in [-0.1, -0.05) is 30.3 Å². The number of phenolic OH excluding ortho intramolecular Hbond substituents is 2. The number of carbonyl (C=O) groups excluding carboxylic acids is 4. The molecule has 0 saturated carbocycles. The van der Waals surface area contributed by atoms with E-state index in [1.54, 1.807) is 58.9 Å². The van der Waals surface area contributed by atoms with Crippen molar-refractivity contribution in [2.24, 2.45) is 0 Å². The maximum absolute atomic E-state index is 14.1. The SMILES string of the molecule is COC(=O)CNC(=O)C(c1ccccc1O)N(C(=O)C(Cc1ccc(O)cc1)NC(=O)OC(C)(C)C)C(C)C. The number of carbonyl (C=O) groups is 4. The van der Waals surface area contributed by atoms with Crippen molar-refractivity contribution in [1.82, 2.24) is 15.5 Å². The fourth-order valence-electron chi connectivity index (χ4n) is 3.84. The van der Waals surface area contributed by atoms with E-state index >= 15 is 0 Å². The van der Waals surface area contributed by atoms with Gasteiger partial charge in [-0.15, -0.1) is 0 Å². The second kappa shape index (κ2) is 13.5. The zero-order chi connectivity index (χ0) is 29.3. The van der Waals surface area contributed by atoms with Crippen LogP contribution in [0.4, 0.5) is 4.79 Å². The summed E-state index contributed by atoms with van der Waals surface area (Å²) in [7, 11) is 1.18. The number of hydrogen-bond acceptors (Lipinski definition) is 8. The largest absolute Gasteiger partial charge is 0.508 e. The first kappa shape index (κ1) is 30.9. The molecule has 0 spiro atoms. The molecule has 2 rings (SSSR count). The van der Waals surface area contributed by atoms with Gasteiger partial charge in [-0.25, -0.2) is 4.79 Å². The summed E-state index contributed by atoms with van der Waals surface area (Å²) in [5.41, 5.74) is -0.0807. The average molecular weight is 544 g/mol. The van der Waals surface area contributed by atoms with Gasteiger partial charge in [-0.05, 0) is 58.4 Å². The molecule has 0 saturated heterocycles. The summed E-state index contributed by atoms with van der Waals surface area (Å²) < 4.78 is 9.97. The molecule has 0 bridgehead atoms. The third kappa shape index (κ3) is 9.20. The monoisotopic (exact) mass is 543 g/mol. The van der Waals surface area contributed by atoms with Crippen LogP contribution >= 0.6 is 0 Å². The van der Waals surface area contributed by atoms with Crippen LogP contribution in [0.3, 0.4) is 0 Å².